The molecule has 0 bridgehead atoms. The minimum atomic E-state index is -3.80. The maximum Gasteiger partial charge on any atom is 0.245 e. The van der Waals surface area contributed by atoms with Crippen LogP contribution in [0.25, 0.3) is 11.0 Å². The summed E-state index contributed by atoms with van der Waals surface area (Å²) in [6.45, 7) is 0.360. The van der Waals surface area contributed by atoms with Gasteiger partial charge in [0, 0.05) is 19.0 Å². The molecule has 2 aromatic carbocycles. The van der Waals surface area contributed by atoms with E-state index in [1.807, 2.05) is 0 Å². The highest BCUT2D eigenvalue weighted by Crippen LogP contribution is 2.29. The molecule has 1 saturated heterocycles. The maximum atomic E-state index is 13.1. The second kappa shape index (κ2) is 7.69. The van der Waals surface area contributed by atoms with Gasteiger partial charge in [-0.15, -0.1) is 0 Å². The lowest BCUT2D eigenvalue weighted by Crippen LogP contribution is -2.41. The van der Waals surface area contributed by atoms with Crippen molar-refractivity contribution in [2.75, 3.05) is 18.4 Å². The van der Waals surface area contributed by atoms with Gasteiger partial charge >= 0.3 is 0 Å². The second-order valence-corrected chi connectivity index (χ2v) is 8.99. The van der Waals surface area contributed by atoms with Gasteiger partial charge in [0.2, 0.25) is 15.9 Å². The number of nitrogens with zero attached hydrogens (tertiary/aromatic N) is 3. The summed E-state index contributed by atoms with van der Waals surface area (Å²) in [7, 11) is -3.80. The van der Waals surface area contributed by atoms with Crippen molar-refractivity contribution in [2.45, 2.75) is 17.7 Å². The topological polar surface area (TPSA) is 105 Å². The van der Waals surface area contributed by atoms with E-state index in [1.165, 1.54) is 22.5 Å². The Bertz CT molecular complexity index is 1180. The summed E-state index contributed by atoms with van der Waals surface area (Å²) in [4.78, 5) is 12.5. The molecule has 152 valence electrons. The van der Waals surface area contributed by atoms with E-state index in [0.29, 0.717) is 24.0 Å². The molecule has 0 saturated carbocycles. The molecule has 1 aliphatic heterocycles. The molecule has 4 rings (SSSR count). The van der Waals surface area contributed by atoms with Crippen molar-refractivity contribution in [3.8, 4) is 0 Å². The van der Waals surface area contributed by atoms with Crippen molar-refractivity contribution >= 4 is 44.3 Å². The zero-order valence-electron chi connectivity index (χ0n) is 15.0. The van der Waals surface area contributed by atoms with Crippen LogP contribution in [0.2, 0.25) is 5.02 Å². The van der Waals surface area contributed by atoms with Crippen LogP contribution >= 0.6 is 11.6 Å². The van der Waals surface area contributed by atoms with E-state index in [-0.39, 0.29) is 40.3 Å². The fourth-order valence-electron chi connectivity index (χ4n) is 3.31. The molecular formula is C18H16ClFN4O4S. The molecule has 1 aromatic heterocycles. The van der Waals surface area contributed by atoms with Crippen molar-refractivity contribution in [1.29, 1.82) is 0 Å². The number of amides is 1. The summed E-state index contributed by atoms with van der Waals surface area (Å²) < 4.78 is 45.1. The zero-order chi connectivity index (χ0) is 20.6. The fraction of sp³-hybridized carbons (Fsp3) is 0.278. The lowest BCUT2D eigenvalue weighted by atomic mass is 9.97. The highest BCUT2D eigenvalue weighted by atomic mass is 35.5. The number of carbonyl (C=O) groups excluding carboxylic acids is 1. The smallest absolute Gasteiger partial charge is 0.245 e. The second-order valence-electron chi connectivity index (χ2n) is 6.68. The van der Waals surface area contributed by atoms with E-state index >= 15 is 0 Å². The van der Waals surface area contributed by atoms with E-state index in [2.05, 4.69) is 20.3 Å². The zero-order valence-corrected chi connectivity index (χ0v) is 16.6. The number of nitrogens with one attached hydrogen (secondary N) is 1. The largest absolute Gasteiger partial charge is 0.325 e. The van der Waals surface area contributed by atoms with E-state index < -0.39 is 15.8 Å². The Morgan fingerprint density at radius 1 is 1.21 bits per heavy atom. The Kier molecular flexibility index (Phi) is 5.24. The third-order valence-electron chi connectivity index (χ3n) is 4.88. The molecule has 0 radical (unpaired) electrons. The number of hydrogen-bond acceptors (Lipinski definition) is 6. The van der Waals surface area contributed by atoms with Crippen LogP contribution in [0, 0.1) is 11.7 Å². The Hall–Kier alpha value is -2.56. The maximum absolute atomic E-state index is 13.1. The number of carbonyl (C=O) groups is 1. The molecule has 1 N–H and O–H groups in total. The molecule has 0 aliphatic carbocycles. The molecule has 1 amide bonds. The first-order valence-electron chi connectivity index (χ1n) is 8.83. The highest BCUT2D eigenvalue weighted by Gasteiger charge is 2.33. The van der Waals surface area contributed by atoms with Crippen LogP contribution in [-0.4, -0.2) is 42.0 Å². The van der Waals surface area contributed by atoms with Crippen LogP contribution in [0.5, 0.6) is 0 Å². The number of anilines is 1. The quantitative estimate of drug-likeness (QED) is 0.671. The Balaban J connectivity index is 1.45. The normalized spacial score (nSPS) is 16.2. The number of benzene rings is 2. The van der Waals surface area contributed by atoms with E-state index in [0.717, 1.165) is 6.07 Å². The molecular weight excluding hydrogens is 423 g/mol. The SMILES string of the molecule is O=C(Nc1ccc(F)cc1Cl)C1CCN(S(=O)(=O)c2cccc3nonc23)CC1. The van der Waals surface area contributed by atoms with Gasteiger partial charge in [0.25, 0.3) is 0 Å². The average Bonchev–Trinajstić information content (AvgIpc) is 3.19. The third kappa shape index (κ3) is 3.83. The van der Waals surface area contributed by atoms with Gasteiger partial charge in [0.1, 0.15) is 16.2 Å². The first-order valence-corrected chi connectivity index (χ1v) is 10.7. The highest BCUT2D eigenvalue weighted by molar-refractivity contribution is 7.89. The molecule has 2 heterocycles. The summed E-state index contributed by atoms with van der Waals surface area (Å²) in [6, 6.07) is 8.36. The van der Waals surface area contributed by atoms with Gasteiger partial charge in [0.05, 0.1) is 10.7 Å². The number of fused-ring (bicyclic) bond motifs is 1. The van der Waals surface area contributed by atoms with Gasteiger partial charge < -0.3 is 5.32 Å². The standard InChI is InChI=1S/C18H16ClFN4O4S/c19-13-10-12(20)4-5-14(13)21-18(25)11-6-8-24(9-7-11)29(26,27)16-3-1-2-15-17(16)23-28-22-15/h1-5,10-11H,6-9H2,(H,21,25). The number of aromatic nitrogens is 2. The van der Waals surface area contributed by atoms with Gasteiger partial charge in [-0.2, -0.15) is 4.31 Å². The predicted octanol–water partition coefficient (Wildman–Crippen LogP) is 3.05. The summed E-state index contributed by atoms with van der Waals surface area (Å²) in [5, 5.41) is 10.1. The fourth-order valence-corrected chi connectivity index (χ4v) is 5.13. The molecule has 0 spiro atoms. The summed E-state index contributed by atoms with van der Waals surface area (Å²) in [5.74, 6) is -1.16. The molecule has 1 aliphatic rings. The third-order valence-corrected chi connectivity index (χ3v) is 7.12. The monoisotopic (exact) mass is 438 g/mol. The Morgan fingerprint density at radius 3 is 2.69 bits per heavy atom. The van der Waals surface area contributed by atoms with Crippen LogP contribution in [0.1, 0.15) is 12.8 Å². The predicted molar refractivity (Wildman–Crippen MR) is 103 cm³/mol. The first-order chi connectivity index (χ1) is 13.9. The lowest BCUT2D eigenvalue weighted by Gasteiger charge is -2.30. The molecule has 11 heteroatoms. The molecule has 29 heavy (non-hydrogen) atoms. The van der Waals surface area contributed by atoms with Gasteiger partial charge in [-0.05, 0) is 53.5 Å². The van der Waals surface area contributed by atoms with Gasteiger partial charge in [-0.25, -0.2) is 17.4 Å². The minimum absolute atomic E-state index is 0.0252. The molecule has 8 nitrogen and oxygen atoms in total. The average molecular weight is 439 g/mol. The van der Waals surface area contributed by atoms with Crippen molar-refractivity contribution in [3.63, 3.8) is 0 Å². The van der Waals surface area contributed by atoms with Crippen LogP contribution < -0.4 is 5.32 Å². The van der Waals surface area contributed by atoms with Gasteiger partial charge in [-0.1, -0.05) is 17.7 Å². The first kappa shape index (κ1) is 19.7. The van der Waals surface area contributed by atoms with Crippen molar-refractivity contribution < 1.29 is 22.2 Å². The van der Waals surface area contributed by atoms with Crippen LogP contribution in [-0.2, 0) is 14.8 Å². The summed E-state index contributed by atoms with van der Waals surface area (Å²) >= 11 is 5.94. The molecule has 0 unspecified atom stereocenters. The Labute approximate surface area is 170 Å². The number of hydrogen-bond donors (Lipinski definition) is 1. The minimum Gasteiger partial charge on any atom is -0.325 e. The molecule has 0 atom stereocenters. The lowest BCUT2D eigenvalue weighted by molar-refractivity contribution is -0.120. The molecule has 1 fully saturated rings. The van der Waals surface area contributed by atoms with Crippen molar-refractivity contribution in [3.05, 3.63) is 47.2 Å². The summed E-state index contributed by atoms with van der Waals surface area (Å²) in [6.07, 6.45) is 0.688. The number of rotatable bonds is 4. The van der Waals surface area contributed by atoms with Crippen LogP contribution in [0.4, 0.5) is 10.1 Å². The van der Waals surface area contributed by atoms with E-state index in [1.54, 1.807) is 12.1 Å². The number of piperidine rings is 1. The Morgan fingerprint density at radius 2 is 1.97 bits per heavy atom. The van der Waals surface area contributed by atoms with Crippen LogP contribution in [0.15, 0.2) is 45.9 Å². The van der Waals surface area contributed by atoms with E-state index in [9.17, 15) is 17.6 Å². The van der Waals surface area contributed by atoms with E-state index in [4.69, 9.17) is 11.6 Å². The van der Waals surface area contributed by atoms with Crippen molar-refractivity contribution in [2.24, 2.45) is 5.92 Å². The number of sulfonamides is 1. The van der Waals surface area contributed by atoms with Crippen LogP contribution in [0.3, 0.4) is 0 Å². The number of halogens is 2. The summed E-state index contributed by atoms with van der Waals surface area (Å²) in [5.41, 5.74) is 0.855. The van der Waals surface area contributed by atoms with Gasteiger partial charge in [0.15, 0.2) is 5.52 Å². The molecule has 3 aromatic rings. The van der Waals surface area contributed by atoms with Crippen molar-refractivity contribution in [1.82, 2.24) is 14.6 Å². The van der Waals surface area contributed by atoms with Gasteiger partial charge in [-0.3, -0.25) is 4.79 Å².